The van der Waals surface area contributed by atoms with Gasteiger partial charge >= 0.3 is 0 Å². The molecule has 3 aromatic rings. The first-order valence-corrected chi connectivity index (χ1v) is 8.88. The summed E-state index contributed by atoms with van der Waals surface area (Å²) in [6.45, 7) is 3.77. The van der Waals surface area contributed by atoms with Gasteiger partial charge in [-0.05, 0) is 29.0 Å². The summed E-state index contributed by atoms with van der Waals surface area (Å²) in [6.07, 6.45) is 1.75. The minimum Gasteiger partial charge on any atom is -0.354 e. The third-order valence-electron chi connectivity index (χ3n) is 4.17. The van der Waals surface area contributed by atoms with Crippen molar-refractivity contribution in [3.8, 4) is 0 Å². The molecule has 1 saturated heterocycles. The zero-order chi connectivity index (χ0) is 16.4. The Balaban J connectivity index is 1.56. The van der Waals surface area contributed by atoms with Crippen LogP contribution in [0.2, 0.25) is 0 Å². The van der Waals surface area contributed by atoms with Crippen molar-refractivity contribution < 1.29 is 4.79 Å². The van der Waals surface area contributed by atoms with Crippen LogP contribution in [-0.2, 0) is 0 Å². The smallest absolute Gasteiger partial charge is 0.257 e. The molecule has 1 fully saturated rings. The maximum absolute atomic E-state index is 12.7. The van der Waals surface area contributed by atoms with Gasteiger partial charge in [0.25, 0.3) is 5.91 Å². The van der Waals surface area contributed by atoms with E-state index in [1.54, 1.807) is 17.5 Å². The van der Waals surface area contributed by atoms with Crippen LogP contribution >= 0.6 is 11.3 Å². The Kier molecular flexibility index (Phi) is 4.15. The molecule has 0 aliphatic carbocycles. The lowest BCUT2D eigenvalue weighted by Gasteiger charge is -2.28. The van der Waals surface area contributed by atoms with Gasteiger partial charge in [-0.25, -0.2) is 4.98 Å². The first-order chi connectivity index (χ1) is 11.8. The summed E-state index contributed by atoms with van der Waals surface area (Å²) < 4.78 is 1.02. The molecule has 0 saturated carbocycles. The molecule has 0 unspecified atom stereocenters. The van der Waals surface area contributed by atoms with Crippen molar-refractivity contribution in [2.45, 2.75) is 0 Å². The Morgan fingerprint density at radius 3 is 2.96 bits per heavy atom. The number of rotatable bonds is 3. The molecular weight excluding hydrogens is 320 g/mol. The van der Waals surface area contributed by atoms with E-state index < -0.39 is 0 Å². The van der Waals surface area contributed by atoms with Crippen molar-refractivity contribution in [2.75, 3.05) is 36.4 Å². The predicted octanol–water partition coefficient (Wildman–Crippen LogP) is 2.96. The molecule has 2 N–H and O–H groups in total. The number of carbonyl (C=O) groups excluding carboxylic acids is 1. The highest BCUT2D eigenvalue weighted by Gasteiger charge is 2.14. The highest BCUT2D eigenvalue weighted by Crippen LogP contribution is 2.26. The number of carbonyl (C=O) groups is 1. The van der Waals surface area contributed by atoms with Crippen LogP contribution < -0.4 is 15.5 Å². The molecule has 1 aliphatic heterocycles. The third-order valence-corrected chi connectivity index (χ3v) is 5.13. The maximum Gasteiger partial charge on any atom is 0.257 e. The van der Waals surface area contributed by atoms with Gasteiger partial charge in [0.15, 0.2) is 0 Å². The monoisotopic (exact) mass is 338 g/mol. The Morgan fingerprint density at radius 2 is 2.08 bits per heavy atom. The standard InChI is InChI=1S/C18H18N4OS/c23-18(15-3-1-2-13-5-11-24-17(13)15)21-14-4-6-20-16(12-14)22-9-7-19-8-10-22/h1-6,11-12,19H,7-10H2,(H,20,21,23). The van der Waals surface area contributed by atoms with Crippen molar-refractivity contribution in [3.05, 3.63) is 53.5 Å². The molecule has 0 spiro atoms. The maximum atomic E-state index is 12.7. The lowest BCUT2D eigenvalue weighted by molar-refractivity contribution is 0.102. The van der Waals surface area contributed by atoms with E-state index in [4.69, 9.17) is 0 Å². The summed E-state index contributed by atoms with van der Waals surface area (Å²) >= 11 is 1.59. The first-order valence-electron chi connectivity index (χ1n) is 8.00. The number of aromatic nitrogens is 1. The number of anilines is 2. The summed E-state index contributed by atoms with van der Waals surface area (Å²) in [5, 5.41) is 9.45. The SMILES string of the molecule is O=C(Nc1ccnc(N2CCNCC2)c1)c1cccc2ccsc12. The van der Waals surface area contributed by atoms with Crippen LogP contribution in [0.25, 0.3) is 10.1 Å². The van der Waals surface area contributed by atoms with Crippen LogP contribution in [0.1, 0.15) is 10.4 Å². The molecule has 122 valence electrons. The minimum atomic E-state index is -0.0829. The van der Waals surface area contributed by atoms with Gasteiger partial charge in [0.2, 0.25) is 0 Å². The number of nitrogens with zero attached hydrogens (tertiary/aromatic N) is 2. The van der Waals surface area contributed by atoms with E-state index in [1.807, 2.05) is 41.8 Å². The highest BCUT2D eigenvalue weighted by atomic mass is 32.1. The topological polar surface area (TPSA) is 57.3 Å². The highest BCUT2D eigenvalue weighted by molar-refractivity contribution is 7.17. The Morgan fingerprint density at radius 1 is 1.21 bits per heavy atom. The van der Waals surface area contributed by atoms with Gasteiger partial charge in [0.05, 0.1) is 5.56 Å². The second-order valence-corrected chi connectivity index (χ2v) is 6.65. The molecule has 0 radical (unpaired) electrons. The number of nitrogens with one attached hydrogen (secondary N) is 2. The van der Waals surface area contributed by atoms with Crippen LogP contribution in [0, 0.1) is 0 Å². The van der Waals surface area contributed by atoms with Crippen LogP contribution in [0.4, 0.5) is 11.5 Å². The number of piperazine rings is 1. The molecule has 24 heavy (non-hydrogen) atoms. The van der Waals surface area contributed by atoms with E-state index in [1.165, 1.54) is 0 Å². The fourth-order valence-corrected chi connectivity index (χ4v) is 3.84. The average Bonchev–Trinajstić information content (AvgIpc) is 3.11. The molecule has 1 aromatic carbocycles. The van der Waals surface area contributed by atoms with Gasteiger partial charge < -0.3 is 15.5 Å². The predicted molar refractivity (Wildman–Crippen MR) is 99.1 cm³/mol. The fourth-order valence-electron chi connectivity index (χ4n) is 2.93. The molecule has 5 nitrogen and oxygen atoms in total. The molecule has 0 atom stereocenters. The Hall–Kier alpha value is -2.44. The van der Waals surface area contributed by atoms with Gasteiger partial charge in [0.1, 0.15) is 5.82 Å². The molecular formula is C18H18N4OS. The molecule has 1 aliphatic rings. The lowest BCUT2D eigenvalue weighted by atomic mass is 10.1. The van der Waals surface area contributed by atoms with Crippen molar-refractivity contribution in [1.82, 2.24) is 10.3 Å². The second-order valence-electron chi connectivity index (χ2n) is 5.74. The first kappa shape index (κ1) is 15.1. The normalized spacial score (nSPS) is 14.8. The van der Waals surface area contributed by atoms with Gasteiger partial charge in [-0.1, -0.05) is 12.1 Å². The molecule has 1 amide bonds. The minimum absolute atomic E-state index is 0.0829. The zero-order valence-electron chi connectivity index (χ0n) is 13.2. The number of fused-ring (bicyclic) bond motifs is 1. The molecule has 4 rings (SSSR count). The summed E-state index contributed by atoms with van der Waals surface area (Å²) in [7, 11) is 0. The van der Waals surface area contributed by atoms with E-state index in [0.29, 0.717) is 5.56 Å². The fraction of sp³-hybridized carbons (Fsp3) is 0.222. The number of pyridine rings is 1. The van der Waals surface area contributed by atoms with Crippen molar-refractivity contribution in [1.29, 1.82) is 0 Å². The van der Waals surface area contributed by atoms with Gasteiger partial charge in [-0.2, -0.15) is 0 Å². The number of benzene rings is 1. The summed E-state index contributed by atoms with van der Waals surface area (Å²) in [6, 6.07) is 11.6. The van der Waals surface area contributed by atoms with E-state index in [0.717, 1.165) is 47.8 Å². The van der Waals surface area contributed by atoms with Gasteiger partial charge in [-0.3, -0.25) is 4.79 Å². The number of hydrogen-bond acceptors (Lipinski definition) is 5. The summed E-state index contributed by atoms with van der Waals surface area (Å²) in [5.74, 6) is 0.823. The molecule has 3 heterocycles. The van der Waals surface area contributed by atoms with Crippen LogP contribution in [0.5, 0.6) is 0 Å². The summed E-state index contributed by atoms with van der Waals surface area (Å²) in [4.78, 5) is 19.3. The van der Waals surface area contributed by atoms with Crippen LogP contribution in [0.3, 0.4) is 0 Å². The van der Waals surface area contributed by atoms with E-state index in [9.17, 15) is 4.79 Å². The van der Waals surface area contributed by atoms with Crippen LogP contribution in [-0.4, -0.2) is 37.1 Å². The van der Waals surface area contributed by atoms with Gasteiger partial charge in [-0.15, -0.1) is 11.3 Å². The van der Waals surface area contributed by atoms with E-state index in [2.05, 4.69) is 20.5 Å². The second kappa shape index (κ2) is 6.59. The van der Waals surface area contributed by atoms with Crippen molar-refractivity contribution in [2.24, 2.45) is 0 Å². The molecule has 6 heteroatoms. The van der Waals surface area contributed by atoms with Gasteiger partial charge in [0, 0.05) is 48.8 Å². The largest absolute Gasteiger partial charge is 0.354 e. The van der Waals surface area contributed by atoms with E-state index >= 15 is 0 Å². The lowest BCUT2D eigenvalue weighted by Crippen LogP contribution is -2.43. The number of thiophene rings is 1. The van der Waals surface area contributed by atoms with Crippen LogP contribution in [0.15, 0.2) is 48.0 Å². The Bertz CT molecular complexity index is 870. The zero-order valence-corrected chi connectivity index (χ0v) is 14.0. The van der Waals surface area contributed by atoms with Crippen molar-refractivity contribution >= 4 is 38.8 Å². The quantitative estimate of drug-likeness (QED) is 0.771. The Labute approximate surface area is 144 Å². The average molecular weight is 338 g/mol. The third kappa shape index (κ3) is 2.98. The number of amides is 1. The molecule has 2 aromatic heterocycles. The van der Waals surface area contributed by atoms with Crippen molar-refractivity contribution in [3.63, 3.8) is 0 Å². The number of hydrogen-bond donors (Lipinski definition) is 2. The molecule has 0 bridgehead atoms. The summed E-state index contributed by atoms with van der Waals surface area (Å²) in [5.41, 5.74) is 1.49. The van der Waals surface area contributed by atoms with E-state index in [-0.39, 0.29) is 5.91 Å².